The predicted octanol–water partition coefficient (Wildman–Crippen LogP) is 3.20. The fourth-order valence-corrected chi connectivity index (χ4v) is 2.94. The monoisotopic (exact) mass is 322 g/mol. The predicted molar refractivity (Wildman–Crippen MR) is 89.3 cm³/mol. The van der Waals surface area contributed by atoms with Crippen molar-refractivity contribution in [3.63, 3.8) is 0 Å². The summed E-state index contributed by atoms with van der Waals surface area (Å²) >= 11 is 0. The molecule has 2 aromatic carbocycles. The van der Waals surface area contributed by atoms with E-state index in [2.05, 4.69) is 0 Å². The number of hydrogen-bond donors (Lipinski definition) is 0. The molecule has 1 aliphatic rings. The average Bonchev–Trinajstić information content (AvgIpc) is 2.94. The van der Waals surface area contributed by atoms with E-state index in [1.54, 1.807) is 0 Å². The number of ether oxygens (including phenoxy) is 2. The number of methoxy groups -OCH3 is 1. The van der Waals surface area contributed by atoms with Gasteiger partial charge in [-0.25, -0.2) is 9.59 Å². The summed E-state index contributed by atoms with van der Waals surface area (Å²) < 4.78 is 10.6. The zero-order valence-corrected chi connectivity index (χ0v) is 13.8. The Balaban J connectivity index is 2.27. The second-order valence-corrected chi connectivity index (χ2v) is 5.88. The molecule has 0 amide bonds. The lowest BCUT2D eigenvalue weighted by atomic mass is 9.80. The first-order chi connectivity index (χ1) is 11.5. The first-order valence-electron chi connectivity index (χ1n) is 7.65. The fraction of sp³-hybridized carbons (Fsp3) is 0.200. The van der Waals surface area contributed by atoms with E-state index in [1.807, 2.05) is 62.4 Å². The second-order valence-electron chi connectivity index (χ2n) is 5.88. The Labute approximate surface area is 140 Å². The van der Waals surface area contributed by atoms with Gasteiger partial charge in [-0.2, -0.15) is 0 Å². The molecule has 0 N–H and O–H groups in total. The minimum atomic E-state index is -1.29. The Morgan fingerprint density at radius 3 is 1.79 bits per heavy atom. The minimum absolute atomic E-state index is 0.183. The molecule has 3 rings (SSSR count). The number of carbonyl (C=O) groups excluding carboxylic acids is 2. The number of rotatable bonds is 3. The number of cyclic esters (lactones) is 1. The van der Waals surface area contributed by atoms with Crippen molar-refractivity contribution in [3.05, 3.63) is 82.4 Å². The molecular weight excluding hydrogens is 304 g/mol. The van der Waals surface area contributed by atoms with E-state index in [0.29, 0.717) is 11.1 Å². The van der Waals surface area contributed by atoms with Crippen LogP contribution in [0.5, 0.6) is 0 Å². The average molecular weight is 322 g/mol. The van der Waals surface area contributed by atoms with Crippen molar-refractivity contribution >= 4 is 11.9 Å². The molecular formula is C20H18O4. The maximum Gasteiger partial charge on any atom is 0.338 e. The molecule has 4 nitrogen and oxygen atoms in total. The molecule has 0 atom stereocenters. The largest absolute Gasteiger partial charge is 0.466 e. The summed E-state index contributed by atoms with van der Waals surface area (Å²) in [5.41, 5.74) is 2.46. The topological polar surface area (TPSA) is 52.6 Å². The van der Waals surface area contributed by atoms with Crippen molar-refractivity contribution < 1.29 is 19.1 Å². The van der Waals surface area contributed by atoms with Crippen LogP contribution in [0, 0.1) is 13.8 Å². The number of hydrogen-bond acceptors (Lipinski definition) is 4. The molecule has 1 heterocycles. The van der Waals surface area contributed by atoms with Gasteiger partial charge in [0.25, 0.3) is 0 Å². The van der Waals surface area contributed by atoms with Crippen LogP contribution in [0.25, 0.3) is 0 Å². The molecule has 4 heteroatoms. The molecule has 122 valence electrons. The summed E-state index contributed by atoms with van der Waals surface area (Å²) in [7, 11) is 1.29. The molecule has 0 saturated carbocycles. The molecule has 0 radical (unpaired) electrons. The standard InChI is InChI=1S/C20H18O4/c1-13-4-8-15(9-5-13)20(16-10-6-14(2)7-11-16)17(19(22)23-3)12-18(21)24-20/h4-12H,1-3H3. The van der Waals surface area contributed by atoms with E-state index in [-0.39, 0.29) is 5.57 Å². The van der Waals surface area contributed by atoms with Gasteiger partial charge in [-0.15, -0.1) is 0 Å². The van der Waals surface area contributed by atoms with Crippen molar-refractivity contribution in [1.29, 1.82) is 0 Å². The Kier molecular flexibility index (Phi) is 3.97. The zero-order valence-electron chi connectivity index (χ0n) is 13.8. The van der Waals surface area contributed by atoms with Crippen LogP contribution in [0.1, 0.15) is 22.3 Å². The third kappa shape index (κ3) is 2.50. The van der Waals surface area contributed by atoms with Crippen molar-refractivity contribution in [3.8, 4) is 0 Å². The normalized spacial score (nSPS) is 15.6. The molecule has 0 fully saturated rings. The summed E-state index contributed by atoms with van der Waals surface area (Å²) in [6, 6.07) is 15.2. The summed E-state index contributed by atoms with van der Waals surface area (Å²) in [5.74, 6) is -1.14. The van der Waals surface area contributed by atoms with Crippen LogP contribution in [-0.4, -0.2) is 19.0 Å². The number of carbonyl (C=O) groups is 2. The third-order valence-corrected chi connectivity index (χ3v) is 4.22. The fourth-order valence-electron chi connectivity index (χ4n) is 2.94. The van der Waals surface area contributed by atoms with Gasteiger partial charge in [-0.05, 0) is 13.8 Å². The Morgan fingerprint density at radius 1 is 0.917 bits per heavy atom. The summed E-state index contributed by atoms with van der Waals surface area (Å²) in [6.45, 7) is 3.94. The van der Waals surface area contributed by atoms with Crippen LogP contribution in [0.15, 0.2) is 60.2 Å². The summed E-state index contributed by atoms with van der Waals surface area (Å²) in [6.07, 6.45) is 1.21. The summed E-state index contributed by atoms with van der Waals surface area (Å²) in [4.78, 5) is 24.4. The Hall–Kier alpha value is -2.88. The minimum Gasteiger partial charge on any atom is -0.466 e. The molecule has 0 unspecified atom stereocenters. The Morgan fingerprint density at radius 2 is 1.38 bits per heavy atom. The molecule has 24 heavy (non-hydrogen) atoms. The van der Waals surface area contributed by atoms with Gasteiger partial charge in [0.1, 0.15) is 0 Å². The maximum absolute atomic E-state index is 12.3. The molecule has 0 saturated heterocycles. The van der Waals surface area contributed by atoms with E-state index < -0.39 is 17.5 Å². The lowest BCUT2D eigenvalue weighted by Crippen LogP contribution is -2.34. The van der Waals surface area contributed by atoms with Crippen LogP contribution in [0.3, 0.4) is 0 Å². The van der Waals surface area contributed by atoms with Crippen molar-refractivity contribution in [2.45, 2.75) is 19.4 Å². The van der Waals surface area contributed by atoms with Crippen LogP contribution >= 0.6 is 0 Å². The van der Waals surface area contributed by atoms with Crippen molar-refractivity contribution in [2.75, 3.05) is 7.11 Å². The highest BCUT2D eigenvalue weighted by Crippen LogP contribution is 2.44. The van der Waals surface area contributed by atoms with E-state index in [0.717, 1.165) is 11.1 Å². The first-order valence-corrected chi connectivity index (χ1v) is 7.65. The van der Waals surface area contributed by atoms with E-state index >= 15 is 0 Å². The molecule has 0 bridgehead atoms. The SMILES string of the molecule is COC(=O)C1=CC(=O)OC1(c1ccc(C)cc1)c1ccc(C)cc1. The number of benzene rings is 2. The quantitative estimate of drug-likeness (QED) is 0.814. The van der Waals surface area contributed by atoms with Gasteiger partial charge in [0.15, 0.2) is 5.60 Å². The Bertz CT molecular complexity index is 768. The van der Waals surface area contributed by atoms with Crippen LogP contribution in [0.2, 0.25) is 0 Å². The van der Waals surface area contributed by atoms with E-state index in [4.69, 9.17) is 9.47 Å². The van der Waals surface area contributed by atoms with Gasteiger partial charge in [0.2, 0.25) is 0 Å². The highest BCUT2D eigenvalue weighted by Gasteiger charge is 2.50. The highest BCUT2D eigenvalue weighted by atomic mass is 16.6. The molecule has 0 aromatic heterocycles. The van der Waals surface area contributed by atoms with Gasteiger partial charge in [0, 0.05) is 17.2 Å². The molecule has 1 aliphatic heterocycles. The van der Waals surface area contributed by atoms with Gasteiger partial charge in [0.05, 0.1) is 12.7 Å². The number of aryl methyl sites for hydroxylation is 2. The second kappa shape index (κ2) is 5.96. The number of esters is 2. The van der Waals surface area contributed by atoms with E-state index in [1.165, 1.54) is 13.2 Å². The maximum atomic E-state index is 12.3. The highest BCUT2D eigenvalue weighted by molar-refractivity contribution is 6.03. The molecule has 0 spiro atoms. The third-order valence-electron chi connectivity index (χ3n) is 4.22. The van der Waals surface area contributed by atoms with Crippen LogP contribution < -0.4 is 0 Å². The van der Waals surface area contributed by atoms with Gasteiger partial charge in [-0.1, -0.05) is 59.7 Å². The van der Waals surface area contributed by atoms with Gasteiger partial charge < -0.3 is 9.47 Å². The van der Waals surface area contributed by atoms with Gasteiger partial charge in [-0.3, -0.25) is 0 Å². The van der Waals surface area contributed by atoms with Crippen molar-refractivity contribution in [2.24, 2.45) is 0 Å². The van der Waals surface area contributed by atoms with Crippen LogP contribution in [-0.2, 0) is 24.7 Å². The van der Waals surface area contributed by atoms with Crippen molar-refractivity contribution in [1.82, 2.24) is 0 Å². The van der Waals surface area contributed by atoms with E-state index in [9.17, 15) is 9.59 Å². The van der Waals surface area contributed by atoms with Crippen LogP contribution in [0.4, 0.5) is 0 Å². The first kappa shape index (κ1) is 16.0. The molecule has 2 aromatic rings. The lowest BCUT2D eigenvalue weighted by Gasteiger charge is -2.31. The summed E-state index contributed by atoms with van der Waals surface area (Å²) in [5, 5.41) is 0. The smallest absolute Gasteiger partial charge is 0.338 e. The lowest BCUT2D eigenvalue weighted by molar-refractivity contribution is -0.146. The zero-order chi connectivity index (χ0) is 17.3. The van der Waals surface area contributed by atoms with Gasteiger partial charge >= 0.3 is 11.9 Å². The molecule has 0 aliphatic carbocycles.